The molecule has 0 radical (unpaired) electrons. The van der Waals surface area contributed by atoms with Crippen LogP contribution in [0.25, 0.3) is 10.9 Å². The molecule has 25 heavy (non-hydrogen) atoms. The number of hydrogen-bond donors (Lipinski definition) is 3. The van der Waals surface area contributed by atoms with E-state index < -0.39 is 23.6 Å². The van der Waals surface area contributed by atoms with Crippen LogP contribution in [0, 0.1) is 6.92 Å². The van der Waals surface area contributed by atoms with E-state index in [1.807, 2.05) is 0 Å². The van der Waals surface area contributed by atoms with Crippen LogP contribution in [0.5, 0.6) is 0 Å². The maximum absolute atomic E-state index is 12.9. The molecule has 3 rings (SSSR count). The highest BCUT2D eigenvalue weighted by Gasteiger charge is 2.30. The van der Waals surface area contributed by atoms with E-state index in [0.717, 1.165) is 0 Å². The molecule has 130 valence electrons. The van der Waals surface area contributed by atoms with Gasteiger partial charge in [0.25, 0.3) is 5.56 Å². The Balaban J connectivity index is 2.07. The molecular weight excluding hydrogens is 328 g/mol. The first kappa shape index (κ1) is 16.6. The zero-order valence-corrected chi connectivity index (χ0v) is 13.4. The van der Waals surface area contributed by atoms with Crippen LogP contribution >= 0.6 is 0 Å². The molecule has 3 amide bonds. The number of amides is 3. The van der Waals surface area contributed by atoms with Gasteiger partial charge in [-0.2, -0.15) is 0 Å². The van der Waals surface area contributed by atoms with Gasteiger partial charge < -0.3 is 10.4 Å². The lowest BCUT2D eigenvalue weighted by Gasteiger charge is -2.24. The fourth-order valence-electron chi connectivity index (χ4n) is 2.94. The van der Waals surface area contributed by atoms with Crippen LogP contribution in [-0.4, -0.2) is 32.6 Å². The summed E-state index contributed by atoms with van der Waals surface area (Å²) in [6.45, 7) is 1.68. The third-order valence-corrected chi connectivity index (χ3v) is 4.11. The van der Waals surface area contributed by atoms with Gasteiger partial charge in [-0.05, 0) is 31.0 Å². The lowest BCUT2D eigenvalue weighted by molar-refractivity contribution is -0.135. The van der Waals surface area contributed by atoms with E-state index in [9.17, 15) is 19.2 Å². The van der Waals surface area contributed by atoms with Crippen molar-refractivity contribution in [3.63, 3.8) is 0 Å². The molecule has 1 unspecified atom stereocenters. The minimum atomic E-state index is -1.16. The molecule has 2 aromatic rings. The van der Waals surface area contributed by atoms with E-state index in [-0.39, 0.29) is 25.3 Å². The van der Waals surface area contributed by atoms with Crippen LogP contribution in [0.15, 0.2) is 23.0 Å². The molecule has 0 bridgehead atoms. The molecule has 9 heteroatoms. The van der Waals surface area contributed by atoms with E-state index >= 15 is 0 Å². The Hall–Kier alpha value is -3.23. The average molecular weight is 344 g/mol. The Bertz CT molecular complexity index is 949. The molecule has 0 aliphatic carbocycles. The molecule has 1 atom stereocenters. The number of benzene rings is 1. The summed E-state index contributed by atoms with van der Waals surface area (Å²) in [7, 11) is 0. The number of imide groups is 1. The second-order valence-corrected chi connectivity index (χ2v) is 5.81. The van der Waals surface area contributed by atoms with Crippen LogP contribution in [0.1, 0.15) is 30.3 Å². The number of aryl methyl sites for hydroxylation is 1. The highest BCUT2D eigenvalue weighted by molar-refractivity contribution is 5.99. The molecule has 0 spiro atoms. The number of carbonyl (C=O) groups is 3. The molecule has 1 aliphatic rings. The highest BCUT2D eigenvalue weighted by Crippen LogP contribution is 2.20. The molecule has 1 aliphatic heterocycles. The van der Waals surface area contributed by atoms with Gasteiger partial charge >= 0.3 is 6.09 Å². The SMILES string of the molecule is Cc1nc2ccc(CNC(=O)O)cc2c(=O)n1C1CCC(=O)NC1=O. The van der Waals surface area contributed by atoms with Crippen molar-refractivity contribution in [3.05, 3.63) is 39.9 Å². The first-order valence-corrected chi connectivity index (χ1v) is 7.69. The summed E-state index contributed by atoms with van der Waals surface area (Å²) < 4.78 is 1.29. The van der Waals surface area contributed by atoms with Crippen molar-refractivity contribution in [2.45, 2.75) is 32.4 Å². The second-order valence-electron chi connectivity index (χ2n) is 5.81. The summed E-state index contributed by atoms with van der Waals surface area (Å²) in [5.74, 6) is -0.502. The Morgan fingerprint density at radius 2 is 2.16 bits per heavy atom. The number of piperidine rings is 1. The average Bonchev–Trinajstić information content (AvgIpc) is 2.55. The van der Waals surface area contributed by atoms with Gasteiger partial charge in [0.1, 0.15) is 11.9 Å². The third-order valence-electron chi connectivity index (χ3n) is 4.11. The van der Waals surface area contributed by atoms with Crippen molar-refractivity contribution < 1.29 is 19.5 Å². The second kappa shape index (κ2) is 6.34. The van der Waals surface area contributed by atoms with E-state index in [4.69, 9.17) is 5.11 Å². The number of fused-ring (bicyclic) bond motifs is 1. The number of nitrogens with zero attached hydrogens (tertiary/aromatic N) is 2. The lowest BCUT2D eigenvalue weighted by atomic mass is 10.0. The van der Waals surface area contributed by atoms with Gasteiger partial charge in [-0.25, -0.2) is 9.78 Å². The molecule has 9 nitrogen and oxygen atoms in total. The van der Waals surface area contributed by atoms with Gasteiger partial charge in [0, 0.05) is 13.0 Å². The predicted octanol–water partition coefficient (Wildman–Crippen LogP) is 0.450. The van der Waals surface area contributed by atoms with Crippen LogP contribution in [0.4, 0.5) is 4.79 Å². The Labute approximate surface area is 141 Å². The number of nitrogens with one attached hydrogen (secondary N) is 2. The summed E-state index contributed by atoms with van der Waals surface area (Å²) in [6, 6.07) is 4.09. The summed E-state index contributed by atoms with van der Waals surface area (Å²) in [5.41, 5.74) is 0.673. The van der Waals surface area contributed by atoms with Gasteiger partial charge in [-0.15, -0.1) is 0 Å². The monoisotopic (exact) mass is 344 g/mol. The Kier molecular flexibility index (Phi) is 4.22. The maximum Gasteiger partial charge on any atom is 0.404 e. The fraction of sp³-hybridized carbons (Fsp3) is 0.312. The van der Waals surface area contributed by atoms with Gasteiger partial charge in [0.05, 0.1) is 10.9 Å². The highest BCUT2D eigenvalue weighted by atomic mass is 16.4. The minimum absolute atomic E-state index is 0.0526. The molecule has 1 fully saturated rings. The van der Waals surface area contributed by atoms with Crippen molar-refractivity contribution in [1.82, 2.24) is 20.2 Å². The van der Waals surface area contributed by atoms with Gasteiger partial charge in [-0.1, -0.05) is 6.07 Å². The van der Waals surface area contributed by atoms with Crippen LogP contribution in [0.2, 0.25) is 0 Å². The van der Waals surface area contributed by atoms with Gasteiger partial charge in [-0.3, -0.25) is 24.3 Å². The van der Waals surface area contributed by atoms with Crippen molar-refractivity contribution in [1.29, 1.82) is 0 Å². The minimum Gasteiger partial charge on any atom is -0.465 e. The zero-order valence-electron chi connectivity index (χ0n) is 13.4. The van der Waals surface area contributed by atoms with Crippen LogP contribution in [-0.2, 0) is 16.1 Å². The molecule has 3 N–H and O–H groups in total. The van der Waals surface area contributed by atoms with Crippen molar-refractivity contribution in [3.8, 4) is 0 Å². The topological polar surface area (TPSA) is 130 Å². The summed E-state index contributed by atoms with van der Waals surface area (Å²) in [5, 5.41) is 13.4. The van der Waals surface area contributed by atoms with Gasteiger partial charge in [0.15, 0.2) is 0 Å². The lowest BCUT2D eigenvalue weighted by Crippen LogP contribution is -2.45. The van der Waals surface area contributed by atoms with Crippen LogP contribution in [0.3, 0.4) is 0 Å². The normalized spacial score (nSPS) is 17.4. The van der Waals surface area contributed by atoms with E-state index in [1.54, 1.807) is 25.1 Å². The molecular formula is C16H16N4O5. The van der Waals surface area contributed by atoms with E-state index in [1.165, 1.54) is 4.57 Å². The Morgan fingerprint density at radius 3 is 2.84 bits per heavy atom. The number of rotatable bonds is 3. The number of aromatic nitrogens is 2. The summed E-state index contributed by atoms with van der Waals surface area (Å²) in [4.78, 5) is 51.3. The largest absolute Gasteiger partial charge is 0.465 e. The van der Waals surface area contributed by atoms with E-state index in [2.05, 4.69) is 15.6 Å². The molecule has 1 aromatic carbocycles. The first-order valence-electron chi connectivity index (χ1n) is 7.69. The molecule has 1 saturated heterocycles. The zero-order chi connectivity index (χ0) is 18.1. The smallest absolute Gasteiger partial charge is 0.404 e. The molecule has 0 saturated carbocycles. The maximum atomic E-state index is 12.9. The predicted molar refractivity (Wildman–Crippen MR) is 87.0 cm³/mol. The van der Waals surface area contributed by atoms with Gasteiger partial charge in [0.2, 0.25) is 11.8 Å². The quantitative estimate of drug-likeness (QED) is 0.693. The molecule has 2 heterocycles. The Morgan fingerprint density at radius 1 is 1.40 bits per heavy atom. The van der Waals surface area contributed by atoms with Crippen LogP contribution < -0.4 is 16.2 Å². The first-order chi connectivity index (χ1) is 11.9. The number of carboxylic acid groups (broad SMARTS) is 1. The van der Waals surface area contributed by atoms with Crippen molar-refractivity contribution >= 4 is 28.8 Å². The van der Waals surface area contributed by atoms with Crippen molar-refractivity contribution in [2.75, 3.05) is 0 Å². The van der Waals surface area contributed by atoms with E-state index in [0.29, 0.717) is 22.3 Å². The molecule has 1 aromatic heterocycles. The van der Waals surface area contributed by atoms with Crippen molar-refractivity contribution in [2.24, 2.45) is 0 Å². The summed E-state index contributed by atoms with van der Waals surface area (Å²) in [6.07, 6.45) is -0.773. The fourth-order valence-corrected chi connectivity index (χ4v) is 2.94. The third kappa shape index (κ3) is 3.21. The number of carbonyl (C=O) groups excluding carboxylic acids is 2. The summed E-state index contributed by atoms with van der Waals surface area (Å²) >= 11 is 0. The number of hydrogen-bond acceptors (Lipinski definition) is 5. The standard InChI is InChI=1S/C16H16N4O5/c1-8-18-11-3-2-9(7-17-16(24)25)6-10(11)15(23)20(8)12-4-5-13(21)19-14(12)22/h2-3,6,12,17H,4-5,7H2,1H3,(H,24,25)(H,19,21,22).